The van der Waals surface area contributed by atoms with Crippen LogP contribution in [0.25, 0.3) is 11.1 Å². The molecule has 0 fully saturated rings. The van der Waals surface area contributed by atoms with Crippen LogP contribution in [0.15, 0.2) is 30.3 Å². The minimum absolute atomic E-state index is 0.0381. The van der Waals surface area contributed by atoms with Gasteiger partial charge in [-0.25, -0.2) is 13.2 Å². The highest BCUT2D eigenvalue weighted by Crippen LogP contribution is 2.30. The van der Waals surface area contributed by atoms with E-state index in [2.05, 4.69) is 0 Å². The molecule has 0 saturated heterocycles. The van der Waals surface area contributed by atoms with Gasteiger partial charge in [0.25, 0.3) is 0 Å². The highest BCUT2D eigenvalue weighted by atomic mass is 35.5. The van der Waals surface area contributed by atoms with Gasteiger partial charge in [-0.05, 0) is 23.8 Å². The largest absolute Gasteiger partial charge is 0.298 e. The Morgan fingerprint density at radius 1 is 1.00 bits per heavy atom. The Kier molecular flexibility index (Phi) is 3.39. The average Bonchev–Trinajstić information content (AvgIpc) is 2.36. The second-order valence-electron chi connectivity index (χ2n) is 3.57. The van der Waals surface area contributed by atoms with Crippen molar-refractivity contribution in [2.45, 2.75) is 0 Å². The number of benzene rings is 2. The van der Waals surface area contributed by atoms with Crippen LogP contribution in [-0.2, 0) is 0 Å². The maximum absolute atomic E-state index is 13.8. The van der Waals surface area contributed by atoms with Crippen LogP contribution in [0.1, 0.15) is 10.4 Å². The van der Waals surface area contributed by atoms with Gasteiger partial charge < -0.3 is 0 Å². The molecule has 0 aliphatic carbocycles. The summed E-state index contributed by atoms with van der Waals surface area (Å²) in [4.78, 5) is 10.8. The smallest absolute Gasteiger partial charge is 0.159 e. The zero-order valence-corrected chi connectivity index (χ0v) is 9.64. The average molecular weight is 271 g/mol. The van der Waals surface area contributed by atoms with Gasteiger partial charge >= 0.3 is 0 Å². The molecule has 0 bridgehead atoms. The van der Waals surface area contributed by atoms with Crippen molar-refractivity contribution < 1.29 is 18.0 Å². The SMILES string of the molecule is O=Cc1cc(F)c(F)cc1-c1cccc(Cl)c1F. The molecule has 5 heteroatoms. The van der Waals surface area contributed by atoms with E-state index in [9.17, 15) is 18.0 Å². The first kappa shape index (κ1) is 12.6. The molecule has 1 nitrogen and oxygen atoms in total. The molecule has 2 aromatic carbocycles. The summed E-state index contributed by atoms with van der Waals surface area (Å²) in [5.74, 6) is -3.11. The van der Waals surface area contributed by atoms with E-state index in [1.807, 2.05) is 0 Å². The Morgan fingerprint density at radius 2 is 1.67 bits per heavy atom. The molecular formula is C13H6ClF3O. The first-order chi connectivity index (χ1) is 8.54. The number of carbonyl (C=O) groups excluding carboxylic acids is 1. The Labute approximate surface area is 106 Å². The van der Waals surface area contributed by atoms with E-state index in [-0.39, 0.29) is 21.7 Å². The standard InChI is InChI=1S/C13H6ClF3O/c14-10-3-1-2-8(13(10)17)9-5-12(16)11(15)4-7(9)6-18/h1-6H. The van der Waals surface area contributed by atoms with Crippen molar-refractivity contribution in [1.29, 1.82) is 0 Å². The van der Waals surface area contributed by atoms with Gasteiger partial charge in [-0.3, -0.25) is 4.79 Å². The zero-order valence-electron chi connectivity index (χ0n) is 8.88. The van der Waals surface area contributed by atoms with Gasteiger partial charge in [-0.15, -0.1) is 0 Å². The van der Waals surface area contributed by atoms with Gasteiger partial charge in [-0.1, -0.05) is 23.7 Å². The monoisotopic (exact) mass is 270 g/mol. The first-order valence-electron chi connectivity index (χ1n) is 4.93. The lowest BCUT2D eigenvalue weighted by Crippen LogP contribution is -1.95. The number of hydrogen-bond donors (Lipinski definition) is 0. The molecular weight excluding hydrogens is 265 g/mol. The van der Waals surface area contributed by atoms with Gasteiger partial charge in [0.15, 0.2) is 17.9 Å². The molecule has 0 radical (unpaired) electrons. The van der Waals surface area contributed by atoms with Crippen LogP contribution < -0.4 is 0 Å². The molecule has 2 rings (SSSR count). The van der Waals surface area contributed by atoms with Crippen LogP contribution in [0.3, 0.4) is 0 Å². The molecule has 0 spiro atoms. The van der Waals surface area contributed by atoms with Gasteiger partial charge in [-0.2, -0.15) is 0 Å². The fourth-order valence-electron chi connectivity index (χ4n) is 1.60. The molecule has 2 aromatic rings. The number of hydrogen-bond acceptors (Lipinski definition) is 1. The van der Waals surface area contributed by atoms with E-state index >= 15 is 0 Å². The summed E-state index contributed by atoms with van der Waals surface area (Å²) < 4.78 is 39.9. The van der Waals surface area contributed by atoms with Crippen LogP contribution in [-0.4, -0.2) is 6.29 Å². The van der Waals surface area contributed by atoms with E-state index in [1.54, 1.807) is 0 Å². The Morgan fingerprint density at radius 3 is 2.33 bits per heavy atom. The fourth-order valence-corrected chi connectivity index (χ4v) is 1.78. The van der Waals surface area contributed by atoms with Crippen molar-refractivity contribution in [1.82, 2.24) is 0 Å². The lowest BCUT2D eigenvalue weighted by atomic mass is 9.99. The maximum atomic E-state index is 13.8. The fraction of sp³-hybridized carbons (Fsp3) is 0. The maximum Gasteiger partial charge on any atom is 0.159 e. The molecule has 0 N–H and O–H groups in total. The zero-order chi connectivity index (χ0) is 13.3. The first-order valence-corrected chi connectivity index (χ1v) is 5.31. The van der Waals surface area contributed by atoms with Gasteiger partial charge in [0, 0.05) is 11.1 Å². The Bertz CT molecular complexity index is 626. The lowest BCUT2D eigenvalue weighted by molar-refractivity contribution is 0.112. The van der Waals surface area contributed by atoms with Crippen LogP contribution in [0.5, 0.6) is 0 Å². The minimum atomic E-state index is -1.16. The molecule has 0 aliphatic heterocycles. The highest BCUT2D eigenvalue weighted by Gasteiger charge is 2.15. The van der Waals surface area contributed by atoms with Crippen molar-refractivity contribution in [2.75, 3.05) is 0 Å². The minimum Gasteiger partial charge on any atom is -0.298 e. The quantitative estimate of drug-likeness (QED) is 0.746. The van der Waals surface area contributed by atoms with E-state index in [4.69, 9.17) is 11.6 Å². The molecule has 0 saturated carbocycles. The summed E-state index contributed by atoms with van der Waals surface area (Å²) >= 11 is 5.60. The molecule has 92 valence electrons. The molecule has 0 heterocycles. The van der Waals surface area contributed by atoms with Crippen LogP contribution in [0.2, 0.25) is 5.02 Å². The van der Waals surface area contributed by atoms with Gasteiger partial charge in [0.1, 0.15) is 5.82 Å². The summed E-state index contributed by atoms with van der Waals surface area (Å²) in [7, 11) is 0. The summed E-state index contributed by atoms with van der Waals surface area (Å²) in [5.41, 5.74) is -0.234. The van der Waals surface area contributed by atoms with Crippen LogP contribution >= 0.6 is 11.6 Å². The molecule has 0 aliphatic rings. The van der Waals surface area contributed by atoms with E-state index in [1.165, 1.54) is 18.2 Å². The highest BCUT2D eigenvalue weighted by molar-refractivity contribution is 6.31. The third-order valence-electron chi connectivity index (χ3n) is 2.46. The van der Waals surface area contributed by atoms with Crippen molar-refractivity contribution in [3.63, 3.8) is 0 Å². The lowest BCUT2D eigenvalue weighted by Gasteiger charge is -2.08. The summed E-state index contributed by atoms with van der Waals surface area (Å²) in [6, 6.07) is 5.60. The number of carbonyl (C=O) groups is 1. The Hall–Kier alpha value is -1.81. The van der Waals surface area contributed by atoms with Crippen molar-refractivity contribution in [2.24, 2.45) is 0 Å². The molecule has 0 atom stereocenters. The van der Waals surface area contributed by atoms with E-state index in [0.29, 0.717) is 6.29 Å². The number of aldehydes is 1. The van der Waals surface area contributed by atoms with E-state index in [0.717, 1.165) is 12.1 Å². The predicted molar refractivity (Wildman–Crippen MR) is 62.1 cm³/mol. The van der Waals surface area contributed by atoms with Gasteiger partial charge in [0.05, 0.1) is 5.02 Å². The molecule has 0 amide bonds. The normalized spacial score (nSPS) is 10.4. The van der Waals surface area contributed by atoms with Crippen LogP contribution in [0.4, 0.5) is 13.2 Å². The van der Waals surface area contributed by atoms with Gasteiger partial charge in [0.2, 0.25) is 0 Å². The molecule has 0 aromatic heterocycles. The number of halogens is 4. The van der Waals surface area contributed by atoms with Crippen molar-refractivity contribution in [3.8, 4) is 11.1 Å². The third kappa shape index (κ3) is 2.11. The van der Waals surface area contributed by atoms with Crippen molar-refractivity contribution >= 4 is 17.9 Å². The third-order valence-corrected chi connectivity index (χ3v) is 2.75. The second kappa shape index (κ2) is 4.82. The summed E-state index contributed by atoms with van der Waals surface area (Å²) in [5, 5.41) is -0.158. The number of rotatable bonds is 2. The predicted octanol–water partition coefficient (Wildman–Crippen LogP) is 4.24. The van der Waals surface area contributed by atoms with Crippen molar-refractivity contribution in [3.05, 3.63) is 58.4 Å². The Balaban J connectivity index is 2.74. The summed E-state index contributed by atoms with van der Waals surface area (Å²) in [6.45, 7) is 0. The molecule has 18 heavy (non-hydrogen) atoms. The van der Waals surface area contributed by atoms with Crippen LogP contribution in [0, 0.1) is 17.5 Å². The van der Waals surface area contributed by atoms with E-state index < -0.39 is 17.5 Å². The summed E-state index contributed by atoms with van der Waals surface area (Å²) in [6.07, 6.45) is 0.332. The molecule has 0 unspecified atom stereocenters. The second-order valence-corrected chi connectivity index (χ2v) is 3.98. The topological polar surface area (TPSA) is 17.1 Å².